The molecule has 1 aromatic heterocycles. The van der Waals surface area contributed by atoms with Gasteiger partial charge in [0.2, 0.25) is 0 Å². The lowest BCUT2D eigenvalue weighted by Crippen LogP contribution is -2.41. The van der Waals surface area contributed by atoms with Crippen molar-refractivity contribution in [2.45, 2.75) is 38.6 Å². The van der Waals surface area contributed by atoms with Gasteiger partial charge in [-0.3, -0.25) is 9.89 Å². The summed E-state index contributed by atoms with van der Waals surface area (Å²) in [5.41, 5.74) is 6.15. The average molecular weight is 321 g/mol. The molecule has 2 aliphatic heterocycles. The molecular weight excluding hydrogens is 292 g/mol. The van der Waals surface area contributed by atoms with E-state index in [9.17, 15) is 0 Å². The standard InChI is InChI=1S/C17H28N4S/c18-17(21-8-2-1-3-9-21)19-13-15-6-10-20(11-7-15)14-16-5-4-12-22-16/h4-5,12,15H,1-3,6-11,13-14H2,(H2,18,19). The van der Waals surface area contributed by atoms with Gasteiger partial charge in [0.15, 0.2) is 5.96 Å². The molecule has 0 saturated carbocycles. The zero-order chi connectivity index (χ0) is 15.2. The summed E-state index contributed by atoms with van der Waals surface area (Å²) in [5, 5.41) is 2.17. The lowest BCUT2D eigenvalue weighted by molar-refractivity contribution is 0.181. The maximum atomic E-state index is 6.15. The zero-order valence-corrected chi connectivity index (χ0v) is 14.2. The van der Waals surface area contributed by atoms with Crippen LogP contribution in [-0.2, 0) is 6.54 Å². The Morgan fingerprint density at radius 3 is 2.64 bits per heavy atom. The second kappa shape index (κ2) is 7.97. The van der Waals surface area contributed by atoms with E-state index in [0.717, 1.165) is 32.1 Å². The molecule has 2 saturated heterocycles. The van der Waals surface area contributed by atoms with Crippen LogP contribution in [-0.4, -0.2) is 48.5 Å². The fraction of sp³-hybridized carbons (Fsp3) is 0.706. The molecule has 0 bridgehead atoms. The van der Waals surface area contributed by atoms with Gasteiger partial charge >= 0.3 is 0 Å². The van der Waals surface area contributed by atoms with Crippen LogP contribution in [0, 0.1) is 5.92 Å². The molecule has 4 nitrogen and oxygen atoms in total. The molecule has 0 aliphatic carbocycles. The van der Waals surface area contributed by atoms with E-state index in [1.807, 2.05) is 11.3 Å². The van der Waals surface area contributed by atoms with Crippen LogP contribution in [0.25, 0.3) is 0 Å². The molecule has 3 rings (SSSR count). The fourth-order valence-electron chi connectivity index (χ4n) is 3.40. The molecule has 0 unspecified atom stereocenters. The Morgan fingerprint density at radius 2 is 1.95 bits per heavy atom. The molecule has 2 aliphatic rings. The van der Waals surface area contributed by atoms with Crippen LogP contribution in [0.5, 0.6) is 0 Å². The highest BCUT2D eigenvalue weighted by Gasteiger charge is 2.20. The van der Waals surface area contributed by atoms with E-state index in [4.69, 9.17) is 5.73 Å². The normalized spacial score (nSPS) is 22.2. The van der Waals surface area contributed by atoms with Crippen molar-refractivity contribution in [3.05, 3.63) is 22.4 Å². The minimum Gasteiger partial charge on any atom is -0.370 e. The third-order valence-corrected chi connectivity index (χ3v) is 5.72. The minimum absolute atomic E-state index is 0.711. The first-order valence-corrected chi connectivity index (χ1v) is 9.49. The highest BCUT2D eigenvalue weighted by molar-refractivity contribution is 7.09. The van der Waals surface area contributed by atoms with E-state index >= 15 is 0 Å². The summed E-state index contributed by atoms with van der Waals surface area (Å²) in [7, 11) is 0. The number of thiophene rings is 1. The van der Waals surface area contributed by atoms with Gasteiger partial charge in [0.05, 0.1) is 0 Å². The van der Waals surface area contributed by atoms with Gasteiger partial charge in [0.1, 0.15) is 0 Å². The molecule has 22 heavy (non-hydrogen) atoms. The van der Waals surface area contributed by atoms with E-state index in [0.29, 0.717) is 5.92 Å². The maximum Gasteiger partial charge on any atom is 0.191 e. The topological polar surface area (TPSA) is 44.9 Å². The van der Waals surface area contributed by atoms with Crippen molar-refractivity contribution >= 4 is 17.3 Å². The maximum absolute atomic E-state index is 6.15. The quantitative estimate of drug-likeness (QED) is 0.685. The van der Waals surface area contributed by atoms with Crippen molar-refractivity contribution in [2.75, 3.05) is 32.7 Å². The van der Waals surface area contributed by atoms with E-state index in [1.54, 1.807) is 0 Å². The molecule has 0 amide bonds. The Bertz CT molecular complexity index is 457. The molecule has 2 fully saturated rings. The number of rotatable bonds is 4. The molecular formula is C17H28N4S. The predicted molar refractivity (Wildman–Crippen MR) is 94.2 cm³/mol. The number of hydrogen-bond acceptors (Lipinski definition) is 3. The minimum atomic E-state index is 0.711. The van der Waals surface area contributed by atoms with Crippen molar-refractivity contribution in [1.29, 1.82) is 0 Å². The second-order valence-corrected chi connectivity index (χ2v) is 7.58. The second-order valence-electron chi connectivity index (χ2n) is 6.55. The Hall–Kier alpha value is -1.07. The van der Waals surface area contributed by atoms with E-state index in [-0.39, 0.29) is 0 Å². The summed E-state index contributed by atoms with van der Waals surface area (Å²) in [5.74, 6) is 1.49. The van der Waals surface area contributed by atoms with Crippen molar-refractivity contribution < 1.29 is 0 Å². The largest absolute Gasteiger partial charge is 0.370 e. The molecule has 5 heteroatoms. The van der Waals surface area contributed by atoms with Crippen molar-refractivity contribution in [1.82, 2.24) is 9.80 Å². The van der Waals surface area contributed by atoms with Crippen LogP contribution < -0.4 is 5.73 Å². The molecule has 3 heterocycles. The van der Waals surface area contributed by atoms with Gasteiger partial charge in [-0.25, -0.2) is 0 Å². The summed E-state index contributed by atoms with van der Waals surface area (Å²) in [4.78, 5) is 11.0. The van der Waals surface area contributed by atoms with E-state index in [2.05, 4.69) is 32.3 Å². The van der Waals surface area contributed by atoms with Crippen LogP contribution in [0.2, 0.25) is 0 Å². The lowest BCUT2D eigenvalue weighted by Gasteiger charge is -2.31. The number of nitrogens with two attached hydrogens (primary N) is 1. The fourth-order valence-corrected chi connectivity index (χ4v) is 4.14. The summed E-state index contributed by atoms with van der Waals surface area (Å²) < 4.78 is 0. The van der Waals surface area contributed by atoms with Gasteiger partial charge in [-0.15, -0.1) is 11.3 Å². The van der Waals surface area contributed by atoms with Crippen LogP contribution in [0.4, 0.5) is 0 Å². The smallest absolute Gasteiger partial charge is 0.191 e. The molecule has 122 valence electrons. The van der Waals surface area contributed by atoms with Crippen LogP contribution >= 0.6 is 11.3 Å². The monoisotopic (exact) mass is 320 g/mol. The van der Waals surface area contributed by atoms with Crippen molar-refractivity contribution in [3.8, 4) is 0 Å². The molecule has 0 radical (unpaired) electrons. The molecule has 1 aromatic rings. The van der Waals surface area contributed by atoms with Gasteiger partial charge in [-0.05, 0) is 62.6 Å². The highest BCUT2D eigenvalue weighted by Crippen LogP contribution is 2.21. The van der Waals surface area contributed by atoms with Crippen LogP contribution in [0.15, 0.2) is 22.5 Å². The third-order valence-electron chi connectivity index (χ3n) is 4.86. The van der Waals surface area contributed by atoms with Crippen molar-refractivity contribution in [2.24, 2.45) is 16.6 Å². The molecule has 0 atom stereocenters. The first-order valence-electron chi connectivity index (χ1n) is 8.61. The average Bonchev–Trinajstić information content (AvgIpc) is 3.08. The molecule has 0 spiro atoms. The first-order chi connectivity index (χ1) is 10.8. The van der Waals surface area contributed by atoms with E-state index in [1.165, 1.54) is 50.1 Å². The van der Waals surface area contributed by atoms with Gasteiger partial charge < -0.3 is 10.6 Å². The third kappa shape index (κ3) is 4.46. The molecule has 2 N–H and O–H groups in total. The summed E-state index contributed by atoms with van der Waals surface area (Å²) in [6.45, 7) is 6.60. The SMILES string of the molecule is NC(=NCC1CCN(Cc2cccs2)CC1)N1CCCCC1. The highest BCUT2D eigenvalue weighted by atomic mass is 32.1. The van der Waals surface area contributed by atoms with Crippen molar-refractivity contribution in [3.63, 3.8) is 0 Å². The Labute approximate surface area is 138 Å². The van der Waals surface area contributed by atoms with Gasteiger partial charge in [0, 0.05) is 31.1 Å². The Morgan fingerprint density at radius 1 is 1.18 bits per heavy atom. The summed E-state index contributed by atoms with van der Waals surface area (Å²) >= 11 is 1.86. The number of aliphatic imine (C=N–C) groups is 1. The summed E-state index contributed by atoms with van der Waals surface area (Å²) in [6.07, 6.45) is 6.37. The Kier molecular flexibility index (Phi) is 5.73. The zero-order valence-electron chi connectivity index (χ0n) is 13.4. The van der Waals surface area contributed by atoms with E-state index < -0.39 is 0 Å². The Balaban J connectivity index is 1.39. The molecule has 0 aromatic carbocycles. The number of piperidine rings is 2. The first kappa shape index (κ1) is 15.8. The van der Waals surface area contributed by atoms with Gasteiger partial charge in [-0.2, -0.15) is 0 Å². The van der Waals surface area contributed by atoms with Crippen LogP contribution in [0.3, 0.4) is 0 Å². The number of likely N-dealkylation sites (tertiary alicyclic amines) is 2. The van der Waals surface area contributed by atoms with Crippen LogP contribution in [0.1, 0.15) is 37.0 Å². The predicted octanol–water partition coefficient (Wildman–Crippen LogP) is 2.76. The van der Waals surface area contributed by atoms with Gasteiger partial charge in [0.25, 0.3) is 0 Å². The number of guanidine groups is 1. The summed E-state index contributed by atoms with van der Waals surface area (Å²) in [6, 6.07) is 4.38. The number of hydrogen-bond donors (Lipinski definition) is 1. The number of nitrogens with zero attached hydrogens (tertiary/aromatic N) is 3. The lowest BCUT2D eigenvalue weighted by atomic mass is 9.97. The van der Waals surface area contributed by atoms with Gasteiger partial charge in [-0.1, -0.05) is 6.07 Å².